The third kappa shape index (κ3) is 2.58. The molecule has 0 saturated heterocycles. The van der Waals surface area contributed by atoms with Crippen molar-refractivity contribution in [1.29, 1.82) is 0 Å². The van der Waals surface area contributed by atoms with Crippen LogP contribution in [0.5, 0.6) is 0 Å². The Balaban J connectivity index is 2.77. The van der Waals surface area contributed by atoms with Crippen molar-refractivity contribution in [2.24, 2.45) is 0 Å². The summed E-state index contributed by atoms with van der Waals surface area (Å²) in [6.45, 7) is 0. The molecule has 1 N–H and O–H groups in total. The highest BCUT2D eigenvalue weighted by Crippen LogP contribution is 2.04. The van der Waals surface area contributed by atoms with Crippen molar-refractivity contribution in [3.05, 3.63) is 16.9 Å². The van der Waals surface area contributed by atoms with Crippen LogP contribution < -0.4 is 4.72 Å². The summed E-state index contributed by atoms with van der Waals surface area (Å²) in [7, 11) is -1.86. The molecule has 1 rings (SSSR count). The highest BCUT2D eigenvalue weighted by atomic mass is 79.9. The maximum atomic E-state index is 11.0. The Morgan fingerprint density at radius 3 is 2.83 bits per heavy atom. The van der Waals surface area contributed by atoms with E-state index in [2.05, 4.69) is 25.8 Å². The molecule has 0 fully saturated rings. The molecule has 1 aromatic rings. The summed E-state index contributed by atoms with van der Waals surface area (Å²) in [6.07, 6.45) is 1.58. The first-order chi connectivity index (χ1) is 5.53. The van der Waals surface area contributed by atoms with E-state index in [4.69, 9.17) is 0 Å². The standard InChI is InChI=1S/C5H8BrN3O2S/c1-7-12(10,11)4-9-3-2-5(6)8-9/h2-3,7H,4H2,1H3. The van der Waals surface area contributed by atoms with Gasteiger partial charge in [0.15, 0.2) is 5.88 Å². The van der Waals surface area contributed by atoms with Crippen LogP contribution in [-0.4, -0.2) is 25.2 Å². The molecule has 0 aliphatic heterocycles. The second kappa shape index (κ2) is 3.55. The van der Waals surface area contributed by atoms with E-state index >= 15 is 0 Å². The first-order valence-electron chi connectivity index (χ1n) is 3.14. The van der Waals surface area contributed by atoms with Crippen molar-refractivity contribution in [3.8, 4) is 0 Å². The second-order valence-corrected chi connectivity index (χ2v) is 4.83. The Labute approximate surface area is 78.9 Å². The van der Waals surface area contributed by atoms with Gasteiger partial charge in [-0.05, 0) is 29.0 Å². The number of hydrogen-bond donors (Lipinski definition) is 1. The van der Waals surface area contributed by atoms with Crippen LogP contribution >= 0.6 is 15.9 Å². The fourth-order valence-corrected chi connectivity index (χ4v) is 1.59. The molecule has 0 aliphatic carbocycles. The van der Waals surface area contributed by atoms with E-state index < -0.39 is 10.0 Å². The molecule has 1 heterocycles. The smallest absolute Gasteiger partial charge is 0.231 e. The lowest BCUT2D eigenvalue weighted by Crippen LogP contribution is -2.23. The molecule has 1 aromatic heterocycles. The SMILES string of the molecule is CNS(=O)(=O)Cn1ccc(Br)n1. The molecular formula is C5H8BrN3O2S. The van der Waals surface area contributed by atoms with E-state index in [1.54, 1.807) is 12.3 Å². The molecule has 0 aromatic carbocycles. The number of rotatable bonds is 3. The third-order valence-corrected chi connectivity index (χ3v) is 2.87. The van der Waals surface area contributed by atoms with Crippen molar-refractivity contribution in [1.82, 2.24) is 14.5 Å². The molecular weight excluding hydrogens is 246 g/mol. The zero-order valence-electron chi connectivity index (χ0n) is 6.36. The van der Waals surface area contributed by atoms with Gasteiger partial charge in [0.25, 0.3) is 0 Å². The molecule has 5 nitrogen and oxygen atoms in total. The lowest BCUT2D eigenvalue weighted by atomic mass is 10.8. The summed E-state index contributed by atoms with van der Waals surface area (Å²) in [5, 5.41) is 3.86. The molecule has 0 atom stereocenters. The zero-order valence-corrected chi connectivity index (χ0v) is 8.76. The monoisotopic (exact) mass is 253 g/mol. The molecule has 0 radical (unpaired) electrons. The number of sulfonamides is 1. The quantitative estimate of drug-likeness (QED) is 0.835. The normalized spacial score (nSPS) is 11.8. The third-order valence-electron chi connectivity index (χ3n) is 1.22. The van der Waals surface area contributed by atoms with Gasteiger partial charge < -0.3 is 0 Å². The summed E-state index contributed by atoms with van der Waals surface area (Å²) in [6, 6.07) is 1.67. The van der Waals surface area contributed by atoms with Gasteiger partial charge >= 0.3 is 0 Å². The van der Waals surface area contributed by atoms with Gasteiger partial charge in [-0.25, -0.2) is 13.1 Å². The van der Waals surface area contributed by atoms with Crippen LogP contribution in [0.1, 0.15) is 0 Å². The maximum Gasteiger partial charge on any atom is 0.231 e. The van der Waals surface area contributed by atoms with Gasteiger partial charge in [-0.2, -0.15) is 5.10 Å². The zero-order chi connectivity index (χ0) is 9.19. The molecule has 12 heavy (non-hydrogen) atoms. The summed E-state index contributed by atoms with van der Waals surface area (Å²) in [4.78, 5) is 0. The fraction of sp³-hybridized carbons (Fsp3) is 0.400. The first kappa shape index (κ1) is 9.69. The molecule has 0 spiro atoms. The van der Waals surface area contributed by atoms with Crippen molar-refractivity contribution < 1.29 is 8.42 Å². The largest absolute Gasteiger partial charge is 0.255 e. The highest BCUT2D eigenvalue weighted by molar-refractivity contribution is 9.10. The van der Waals surface area contributed by atoms with Gasteiger partial charge in [-0.1, -0.05) is 0 Å². The van der Waals surface area contributed by atoms with E-state index in [0.717, 1.165) is 0 Å². The number of halogens is 1. The predicted octanol–water partition coefficient (Wildman–Crippen LogP) is 0.152. The van der Waals surface area contributed by atoms with E-state index in [0.29, 0.717) is 4.60 Å². The number of nitrogens with zero attached hydrogens (tertiary/aromatic N) is 2. The molecule has 68 valence electrons. The first-order valence-corrected chi connectivity index (χ1v) is 5.58. The average molecular weight is 254 g/mol. The fourth-order valence-electron chi connectivity index (χ4n) is 0.648. The molecule has 0 saturated carbocycles. The van der Waals surface area contributed by atoms with Gasteiger partial charge in [0.1, 0.15) is 4.60 Å². The molecule has 0 aliphatic rings. The van der Waals surface area contributed by atoms with E-state index in [-0.39, 0.29) is 5.88 Å². The summed E-state index contributed by atoms with van der Waals surface area (Å²) >= 11 is 3.11. The Kier molecular flexibility index (Phi) is 2.86. The lowest BCUT2D eigenvalue weighted by Gasteiger charge is -2.00. The molecule has 7 heteroatoms. The highest BCUT2D eigenvalue weighted by Gasteiger charge is 2.07. The van der Waals surface area contributed by atoms with Crippen LogP contribution in [0.4, 0.5) is 0 Å². The van der Waals surface area contributed by atoms with E-state index in [9.17, 15) is 8.42 Å². The summed E-state index contributed by atoms with van der Waals surface area (Å²) in [5.41, 5.74) is 0. The van der Waals surface area contributed by atoms with Crippen molar-refractivity contribution >= 4 is 26.0 Å². The number of nitrogens with one attached hydrogen (secondary N) is 1. The van der Waals surface area contributed by atoms with Gasteiger partial charge in [0.05, 0.1) is 0 Å². The maximum absolute atomic E-state index is 11.0. The summed E-state index contributed by atoms with van der Waals surface area (Å²) in [5.74, 6) is -0.158. The van der Waals surface area contributed by atoms with Crippen LogP contribution in [0.2, 0.25) is 0 Å². The minimum absolute atomic E-state index is 0.158. The summed E-state index contributed by atoms with van der Waals surface area (Å²) < 4.78 is 26.1. The van der Waals surface area contributed by atoms with Gasteiger partial charge in [-0.15, -0.1) is 0 Å². The molecule has 0 unspecified atom stereocenters. The van der Waals surface area contributed by atoms with Gasteiger partial charge in [-0.3, -0.25) is 4.68 Å². The number of hydrogen-bond acceptors (Lipinski definition) is 3. The van der Waals surface area contributed by atoms with Crippen LogP contribution in [0.15, 0.2) is 16.9 Å². The Morgan fingerprint density at radius 1 is 1.75 bits per heavy atom. The predicted molar refractivity (Wildman–Crippen MR) is 47.9 cm³/mol. The van der Waals surface area contributed by atoms with Crippen molar-refractivity contribution in [2.45, 2.75) is 5.88 Å². The van der Waals surface area contributed by atoms with E-state index in [1.165, 1.54) is 11.7 Å². The van der Waals surface area contributed by atoms with Crippen LogP contribution in [0.3, 0.4) is 0 Å². The number of aromatic nitrogens is 2. The van der Waals surface area contributed by atoms with Crippen LogP contribution in [0, 0.1) is 0 Å². The van der Waals surface area contributed by atoms with Gasteiger partial charge in [0, 0.05) is 6.20 Å². The minimum atomic E-state index is -3.23. The average Bonchev–Trinajstić information content (AvgIpc) is 2.35. The minimum Gasteiger partial charge on any atom is -0.255 e. The van der Waals surface area contributed by atoms with Crippen LogP contribution in [-0.2, 0) is 15.9 Å². The Hall–Kier alpha value is -0.400. The topological polar surface area (TPSA) is 64.0 Å². The second-order valence-electron chi connectivity index (χ2n) is 2.13. The van der Waals surface area contributed by atoms with Crippen molar-refractivity contribution in [2.75, 3.05) is 7.05 Å². The lowest BCUT2D eigenvalue weighted by molar-refractivity contribution is 0.567. The molecule has 0 amide bonds. The van der Waals surface area contributed by atoms with E-state index in [1.807, 2.05) is 0 Å². The Bertz CT molecular complexity index is 359. The Morgan fingerprint density at radius 2 is 2.42 bits per heavy atom. The van der Waals surface area contributed by atoms with Crippen LogP contribution in [0.25, 0.3) is 0 Å². The van der Waals surface area contributed by atoms with Gasteiger partial charge in [0.2, 0.25) is 10.0 Å². The molecule has 0 bridgehead atoms. The van der Waals surface area contributed by atoms with Crippen molar-refractivity contribution in [3.63, 3.8) is 0 Å².